The van der Waals surface area contributed by atoms with Crippen molar-refractivity contribution in [2.24, 2.45) is 0 Å². The summed E-state index contributed by atoms with van der Waals surface area (Å²) in [6.45, 7) is 1.96. The van der Waals surface area contributed by atoms with E-state index in [1.807, 2.05) is 43.3 Å². The molecule has 19 heavy (non-hydrogen) atoms. The van der Waals surface area contributed by atoms with E-state index >= 15 is 0 Å². The zero-order valence-electron chi connectivity index (χ0n) is 10.5. The van der Waals surface area contributed by atoms with Crippen molar-refractivity contribution in [2.45, 2.75) is 6.92 Å². The first kappa shape index (κ1) is 12.2. The Morgan fingerprint density at radius 3 is 2.42 bits per heavy atom. The molecule has 0 radical (unpaired) electrons. The van der Waals surface area contributed by atoms with Crippen LogP contribution in [0.2, 0.25) is 0 Å². The Morgan fingerprint density at radius 2 is 1.68 bits per heavy atom. The van der Waals surface area contributed by atoms with Gasteiger partial charge < -0.3 is 5.11 Å². The van der Waals surface area contributed by atoms with Crippen LogP contribution in [0.25, 0.3) is 21.9 Å². The number of fused-ring (bicyclic) bond motifs is 1. The Labute approximate surface area is 120 Å². The van der Waals surface area contributed by atoms with Crippen LogP contribution in [0.1, 0.15) is 5.56 Å². The van der Waals surface area contributed by atoms with Crippen LogP contribution in [-0.2, 0) is 0 Å². The van der Waals surface area contributed by atoms with Crippen LogP contribution in [-0.4, -0.2) is 5.11 Å². The normalized spacial score (nSPS) is 10.8. The van der Waals surface area contributed by atoms with Gasteiger partial charge in [-0.05, 0) is 47.2 Å². The van der Waals surface area contributed by atoms with E-state index in [0.717, 1.165) is 31.9 Å². The molecule has 94 valence electrons. The molecular weight excluding hydrogens is 300 g/mol. The number of hydrogen-bond donors (Lipinski definition) is 1. The second-order valence-corrected chi connectivity index (χ2v) is 5.54. The lowest BCUT2D eigenvalue weighted by Crippen LogP contribution is -1.86. The largest absolute Gasteiger partial charge is 0.507 e. The van der Waals surface area contributed by atoms with Crippen molar-refractivity contribution in [1.82, 2.24) is 0 Å². The number of rotatable bonds is 1. The van der Waals surface area contributed by atoms with Crippen molar-refractivity contribution < 1.29 is 5.11 Å². The predicted octanol–water partition coefficient (Wildman–Crippen LogP) is 5.28. The highest BCUT2D eigenvalue weighted by molar-refractivity contribution is 9.10. The van der Waals surface area contributed by atoms with Crippen LogP contribution in [0.15, 0.2) is 59.1 Å². The molecule has 0 spiro atoms. The van der Waals surface area contributed by atoms with Crippen LogP contribution in [0.5, 0.6) is 5.75 Å². The van der Waals surface area contributed by atoms with Crippen molar-refractivity contribution in [3.05, 3.63) is 64.6 Å². The molecule has 0 amide bonds. The Bertz CT molecular complexity index is 748. The maximum absolute atomic E-state index is 10.4. The molecule has 2 heteroatoms. The molecule has 3 rings (SSSR count). The summed E-state index contributed by atoms with van der Waals surface area (Å²) in [5.74, 6) is 0.359. The highest BCUT2D eigenvalue weighted by Crippen LogP contribution is 2.37. The number of aromatic hydroxyl groups is 1. The van der Waals surface area contributed by atoms with Crippen LogP contribution >= 0.6 is 15.9 Å². The van der Waals surface area contributed by atoms with E-state index in [4.69, 9.17) is 0 Å². The minimum Gasteiger partial charge on any atom is -0.507 e. The Hall–Kier alpha value is -1.80. The van der Waals surface area contributed by atoms with Gasteiger partial charge in [0.15, 0.2) is 0 Å². The zero-order valence-corrected chi connectivity index (χ0v) is 12.1. The van der Waals surface area contributed by atoms with E-state index in [1.165, 1.54) is 0 Å². The summed E-state index contributed by atoms with van der Waals surface area (Å²) >= 11 is 3.44. The fraction of sp³-hybridized carbons (Fsp3) is 0.0588. The van der Waals surface area contributed by atoms with Crippen LogP contribution in [0.3, 0.4) is 0 Å². The molecule has 0 atom stereocenters. The first-order chi connectivity index (χ1) is 9.16. The van der Waals surface area contributed by atoms with Gasteiger partial charge in [0, 0.05) is 9.86 Å². The molecule has 0 aliphatic carbocycles. The molecule has 0 aromatic heterocycles. The lowest BCUT2D eigenvalue weighted by Gasteiger charge is -2.12. The second-order valence-electron chi connectivity index (χ2n) is 4.63. The van der Waals surface area contributed by atoms with Crippen molar-refractivity contribution >= 4 is 26.7 Å². The fourth-order valence-corrected chi connectivity index (χ4v) is 2.73. The molecule has 0 fully saturated rings. The van der Waals surface area contributed by atoms with E-state index in [1.54, 1.807) is 0 Å². The van der Waals surface area contributed by atoms with E-state index in [2.05, 4.69) is 34.1 Å². The van der Waals surface area contributed by atoms with E-state index < -0.39 is 0 Å². The van der Waals surface area contributed by atoms with E-state index in [0.29, 0.717) is 5.75 Å². The molecule has 0 heterocycles. The fourth-order valence-electron chi connectivity index (χ4n) is 2.37. The van der Waals surface area contributed by atoms with Crippen molar-refractivity contribution in [3.8, 4) is 16.9 Å². The maximum Gasteiger partial charge on any atom is 0.126 e. The molecule has 0 bridgehead atoms. The average molecular weight is 313 g/mol. The van der Waals surface area contributed by atoms with Gasteiger partial charge in [-0.3, -0.25) is 0 Å². The van der Waals surface area contributed by atoms with Crippen LogP contribution in [0.4, 0.5) is 0 Å². The Kier molecular flexibility index (Phi) is 3.03. The molecule has 0 aliphatic rings. The Morgan fingerprint density at radius 1 is 0.947 bits per heavy atom. The lowest BCUT2D eigenvalue weighted by molar-refractivity contribution is 0.478. The third-order valence-corrected chi connectivity index (χ3v) is 3.91. The summed E-state index contributed by atoms with van der Waals surface area (Å²) in [5, 5.41) is 12.3. The summed E-state index contributed by atoms with van der Waals surface area (Å²) < 4.78 is 0.974. The first-order valence-corrected chi connectivity index (χ1v) is 6.93. The standard InChI is InChI=1S/C17H13BrO/c1-11-15(12-5-3-2-4-6-12)9-13-7-8-14(18)10-16(13)17(11)19/h2-10,19H,1H3. The number of benzene rings is 3. The minimum absolute atomic E-state index is 0.359. The number of hydrogen-bond acceptors (Lipinski definition) is 1. The number of phenols is 1. The molecular formula is C17H13BrO. The third-order valence-electron chi connectivity index (χ3n) is 3.41. The average Bonchev–Trinajstić information content (AvgIpc) is 2.44. The summed E-state index contributed by atoms with van der Waals surface area (Å²) in [5.41, 5.74) is 3.12. The first-order valence-electron chi connectivity index (χ1n) is 6.14. The topological polar surface area (TPSA) is 20.2 Å². The van der Waals surface area contributed by atoms with Crippen LogP contribution < -0.4 is 0 Å². The van der Waals surface area contributed by atoms with Gasteiger partial charge >= 0.3 is 0 Å². The van der Waals surface area contributed by atoms with Gasteiger partial charge in [-0.15, -0.1) is 0 Å². The minimum atomic E-state index is 0.359. The smallest absolute Gasteiger partial charge is 0.126 e. The van der Waals surface area contributed by atoms with Gasteiger partial charge in [0.05, 0.1) is 0 Å². The summed E-state index contributed by atoms with van der Waals surface area (Å²) in [7, 11) is 0. The van der Waals surface area contributed by atoms with E-state index in [-0.39, 0.29) is 0 Å². The molecule has 3 aromatic rings. The predicted molar refractivity (Wildman–Crippen MR) is 83.5 cm³/mol. The highest BCUT2D eigenvalue weighted by Gasteiger charge is 2.10. The van der Waals surface area contributed by atoms with Gasteiger partial charge in [0.25, 0.3) is 0 Å². The molecule has 0 unspecified atom stereocenters. The lowest BCUT2D eigenvalue weighted by atomic mass is 9.95. The van der Waals surface area contributed by atoms with Gasteiger partial charge in [0.2, 0.25) is 0 Å². The molecule has 1 nitrogen and oxygen atoms in total. The van der Waals surface area contributed by atoms with Gasteiger partial charge in [0.1, 0.15) is 5.75 Å². The van der Waals surface area contributed by atoms with Crippen molar-refractivity contribution in [2.75, 3.05) is 0 Å². The van der Waals surface area contributed by atoms with Gasteiger partial charge in [-0.2, -0.15) is 0 Å². The summed E-state index contributed by atoms with van der Waals surface area (Å²) in [4.78, 5) is 0. The van der Waals surface area contributed by atoms with Crippen molar-refractivity contribution in [1.29, 1.82) is 0 Å². The van der Waals surface area contributed by atoms with Gasteiger partial charge in [-0.25, -0.2) is 0 Å². The quantitative estimate of drug-likeness (QED) is 0.648. The van der Waals surface area contributed by atoms with Crippen molar-refractivity contribution in [3.63, 3.8) is 0 Å². The zero-order chi connectivity index (χ0) is 13.4. The summed E-state index contributed by atoms with van der Waals surface area (Å²) in [6, 6.07) is 18.2. The van der Waals surface area contributed by atoms with Gasteiger partial charge in [-0.1, -0.05) is 52.3 Å². The molecule has 0 saturated carbocycles. The third kappa shape index (κ3) is 2.13. The monoisotopic (exact) mass is 312 g/mol. The second kappa shape index (κ2) is 4.71. The molecule has 0 aliphatic heterocycles. The number of phenolic OH excluding ortho intramolecular Hbond substituents is 1. The van der Waals surface area contributed by atoms with Crippen LogP contribution in [0, 0.1) is 6.92 Å². The number of halogens is 1. The SMILES string of the molecule is Cc1c(-c2ccccc2)cc2ccc(Br)cc2c1O. The molecule has 3 aromatic carbocycles. The highest BCUT2D eigenvalue weighted by atomic mass is 79.9. The molecule has 0 saturated heterocycles. The maximum atomic E-state index is 10.4. The van der Waals surface area contributed by atoms with E-state index in [9.17, 15) is 5.11 Å². The summed E-state index contributed by atoms with van der Waals surface area (Å²) in [6.07, 6.45) is 0. The molecule has 1 N–H and O–H groups in total. The Balaban J connectivity index is 2.34.